The van der Waals surface area contributed by atoms with Crippen molar-refractivity contribution in [3.63, 3.8) is 0 Å². The third-order valence-electron chi connectivity index (χ3n) is 1.76. The fourth-order valence-corrected chi connectivity index (χ4v) is 0.919. The van der Waals surface area contributed by atoms with Gasteiger partial charge in [0.2, 0.25) is 0 Å². The molecule has 12 heavy (non-hydrogen) atoms. The van der Waals surface area contributed by atoms with Gasteiger partial charge >= 0.3 is 0 Å². The lowest BCUT2D eigenvalue weighted by Gasteiger charge is -2.13. The van der Waals surface area contributed by atoms with E-state index in [1.54, 1.807) is 12.2 Å². The SMILES string of the molecule is CC(/C=C/N)C(/C=C\C=N)CO. The van der Waals surface area contributed by atoms with E-state index in [0.29, 0.717) is 0 Å². The molecule has 0 amide bonds. The third-order valence-corrected chi connectivity index (χ3v) is 1.76. The molecule has 0 aromatic rings. The van der Waals surface area contributed by atoms with E-state index in [2.05, 4.69) is 0 Å². The van der Waals surface area contributed by atoms with Crippen LogP contribution in [-0.4, -0.2) is 17.9 Å². The minimum Gasteiger partial charge on any atom is -0.405 e. The number of aliphatic hydroxyl groups excluding tert-OH is 1. The van der Waals surface area contributed by atoms with Crippen molar-refractivity contribution in [2.75, 3.05) is 6.61 Å². The van der Waals surface area contributed by atoms with Crippen molar-refractivity contribution in [2.45, 2.75) is 6.92 Å². The van der Waals surface area contributed by atoms with Crippen LogP contribution in [0.4, 0.5) is 0 Å². The molecule has 0 heterocycles. The smallest absolute Gasteiger partial charge is 0.0499 e. The van der Waals surface area contributed by atoms with Crippen LogP contribution in [0.1, 0.15) is 6.92 Å². The molecule has 3 nitrogen and oxygen atoms in total. The monoisotopic (exact) mass is 168 g/mol. The number of aliphatic hydroxyl groups is 1. The fraction of sp³-hybridized carbons (Fsp3) is 0.444. The molecule has 4 N–H and O–H groups in total. The zero-order valence-electron chi connectivity index (χ0n) is 7.27. The minimum atomic E-state index is 0.0476. The number of nitrogens with two attached hydrogens (primary N) is 1. The van der Waals surface area contributed by atoms with Crippen LogP contribution in [0.3, 0.4) is 0 Å². The van der Waals surface area contributed by atoms with E-state index in [9.17, 15) is 0 Å². The molecule has 0 saturated heterocycles. The van der Waals surface area contributed by atoms with E-state index in [-0.39, 0.29) is 18.4 Å². The molecule has 0 saturated carbocycles. The van der Waals surface area contributed by atoms with Crippen molar-refractivity contribution >= 4 is 6.21 Å². The zero-order valence-corrected chi connectivity index (χ0v) is 7.27. The molecule has 0 aliphatic rings. The van der Waals surface area contributed by atoms with Crippen LogP contribution in [0, 0.1) is 17.2 Å². The van der Waals surface area contributed by atoms with E-state index in [4.69, 9.17) is 16.2 Å². The molecular formula is C9H16N2O. The minimum absolute atomic E-state index is 0.0476. The zero-order chi connectivity index (χ0) is 9.40. The molecule has 3 heteroatoms. The first-order chi connectivity index (χ1) is 5.76. The summed E-state index contributed by atoms with van der Waals surface area (Å²) in [4.78, 5) is 0. The van der Waals surface area contributed by atoms with Crippen molar-refractivity contribution in [3.05, 3.63) is 24.4 Å². The van der Waals surface area contributed by atoms with Crippen molar-refractivity contribution in [2.24, 2.45) is 17.6 Å². The lowest BCUT2D eigenvalue weighted by molar-refractivity contribution is 0.230. The molecule has 2 unspecified atom stereocenters. The number of hydrogen-bond acceptors (Lipinski definition) is 3. The highest BCUT2D eigenvalue weighted by Gasteiger charge is 2.09. The normalized spacial score (nSPS) is 16.8. The molecule has 68 valence electrons. The van der Waals surface area contributed by atoms with Crippen LogP contribution in [0.15, 0.2) is 24.4 Å². The summed E-state index contributed by atoms with van der Waals surface area (Å²) < 4.78 is 0. The Morgan fingerprint density at radius 2 is 2.17 bits per heavy atom. The van der Waals surface area contributed by atoms with Gasteiger partial charge < -0.3 is 16.2 Å². The van der Waals surface area contributed by atoms with E-state index < -0.39 is 0 Å². The summed E-state index contributed by atoms with van der Waals surface area (Å²) >= 11 is 0. The molecule has 0 rings (SSSR count). The quantitative estimate of drug-likeness (QED) is 0.534. The summed E-state index contributed by atoms with van der Waals surface area (Å²) in [6.45, 7) is 2.05. The summed E-state index contributed by atoms with van der Waals surface area (Å²) in [6.07, 6.45) is 7.92. The van der Waals surface area contributed by atoms with Crippen molar-refractivity contribution < 1.29 is 5.11 Å². The Morgan fingerprint density at radius 1 is 1.50 bits per heavy atom. The first-order valence-corrected chi connectivity index (χ1v) is 3.92. The van der Waals surface area contributed by atoms with Gasteiger partial charge in [0.15, 0.2) is 0 Å². The lowest BCUT2D eigenvalue weighted by Crippen LogP contribution is -2.11. The molecule has 0 bridgehead atoms. The highest BCUT2D eigenvalue weighted by atomic mass is 16.3. The van der Waals surface area contributed by atoms with Gasteiger partial charge in [0, 0.05) is 18.7 Å². The molecule has 0 aliphatic carbocycles. The van der Waals surface area contributed by atoms with E-state index in [1.165, 1.54) is 12.4 Å². The highest BCUT2D eigenvalue weighted by molar-refractivity contribution is 5.67. The first-order valence-electron chi connectivity index (χ1n) is 3.92. The van der Waals surface area contributed by atoms with Gasteiger partial charge in [-0.2, -0.15) is 0 Å². The molecule has 0 radical (unpaired) electrons. The number of nitrogens with one attached hydrogen (secondary N) is 1. The predicted octanol–water partition coefficient (Wildman–Crippen LogP) is 0.909. The summed E-state index contributed by atoms with van der Waals surface area (Å²) in [5.74, 6) is 0.252. The van der Waals surface area contributed by atoms with Gasteiger partial charge in [-0.15, -0.1) is 0 Å². The van der Waals surface area contributed by atoms with Gasteiger partial charge in [-0.1, -0.05) is 19.1 Å². The summed E-state index contributed by atoms with van der Waals surface area (Å²) in [5.41, 5.74) is 5.22. The highest BCUT2D eigenvalue weighted by Crippen LogP contribution is 2.13. The van der Waals surface area contributed by atoms with Crippen LogP contribution in [0.5, 0.6) is 0 Å². The van der Waals surface area contributed by atoms with E-state index in [1.807, 2.05) is 13.0 Å². The average molecular weight is 168 g/mol. The third kappa shape index (κ3) is 3.93. The summed E-state index contributed by atoms with van der Waals surface area (Å²) in [7, 11) is 0. The number of allylic oxidation sites excluding steroid dienone is 2. The Kier molecular flexibility index (Phi) is 6.01. The van der Waals surface area contributed by atoms with Crippen LogP contribution in [0.25, 0.3) is 0 Å². The molecular weight excluding hydrogens is 152 g/mol. The van der Waals surface area contributed by atoms with Crippen LogP contribution in [-0.2, 0) is 0 Å². The fourth-order valence-electron chi connectivity index (χ4n) is 0.919. The lowest BCUT2D eigenvalue weighted by atomic mass is 9.94. The Bertz CT molecular complexity index is 175. The summed E-state index contributed by atoms with van der Waals surface area (Å²) in [5, 5.41) is 15.7. The van der Waals surface area contributed by atoms with Gasteiger partial charge in [-0.3, -0.25) is 0 Å². The van der Waals surface area contributed by atoms with Crippen LogP contribution >= 0.6 is 0 Å². The average Bonchev–Trinajstić information content (AvgIpc) is 2.06. The molecule has 2 atom stereocenters. The van der Waals surface area contributed by atoms with Gasteiger partial charge in [-0.25, -0.2) is 0 Å². The van der Waals surface area contributed by atoms with Gasteiger partial charge in [0.25, 0.3) is 0 Å². The van der Waals surface area contributed by atoms with Crippen LogP contribution < -0.4 is 5.73 Å². The maximum Gasteiger partial charge on any atom is 0.0499 e. The number of rotatable bonds is 5. The second-order valence-electron chi connectivity index (χ2n) is 2.64. The Hall–Kier alpha value is -1.09. The molecule has 0 fully saturated rings. The molecule has 0 aromatic heterocycles. The second kappa shape index (κ2) is 6.61. The van der Waals surface area contributed by atoms with Crippen molar-refractivity contribution in [1.29, 1.82) is 5.41 Å². The van der Waals surface area contributed by atoms with Crippen LogP contribution in [0.2, 0.25) is 0 Å². The van der Waals surface area contributed by atoms with Gasteiger partial charge in [0.05, 0.1) is 0 Å². The molecule has 0 aliphatic heterocycles. The van der Waals surface area contributed by atoms with Gasteiger partial charge in [-0.05, 0) is 18.2 Å². The summed E-state index contributed by atoms with van der Waals surface area (Å²) in [6, 6.07) is 0. The maximum absolute atomic E-state index is 8.95. The Labute approximate surface area is 73.1 Å². The second-order valence-corrected chi connectivity index (χ2v) is 2.64. The molecule has 0 aromatic carbocycles. The standard InChI is InChI=1S/C9H16N2O/c1-8(4-6-11)9(7-12)3-2-5-10/h2-6,8-10,12H,7,11H2,1H3/b3-2-,6-4+,10-5?. The maximum atomic E-state index is 8.95. The van der Waals surface area contributed by atoms with E-state index >= 15 is 0 Å². The van der Waals surface area contributed by atoms with Gasteiger partial charge in [0.1, 0.15) is 0 Å². The van der Waals surface area contributed by atoms with Crippen molar-refractivity contribution in [1.82, 2.24) is 0 Å². The topological polar surface area (TPSA) is 70.1 Å². The predicted molar refractivity (Wildman–Crippen MR) is 51.0 cm³/mol. The van der Waals surface area contributed by atoms with Crippen molar-refractivity contribution in [3.8, 4) is 0 Å². The van der Waals surface area contributed by atoms with E-state index in [0.717, 1.165) is 0 Å². The largest absolute Gasteiger partial charge is 0.405 e. The Balaban J connectivity index is 4.12. The molecule has 0 spiro atoms. The number of hydrogen-bond donors (Lipinski definition) is 3. The Morgan fingerprint density at radius 3 is 2.58 bits per heavy atom. The first kappa shape index (κ1) is 10.9.